The number of nitrogens with zero attached hydrogens (tertiary/aromatic N) is 1. The van der Waals surface area contributed by atoms with Crippen LogP contribution in [0.3, 0.4) is 0 Å². The van der Waals surface area contributed by atoms with Crippen LogP contribution in [0.25, 0.3) is 0 Å². The van der Waals surface area contributed by atoms with Crippen LogP contribution in [-0.4, -0.2) is 41.0 Å². The first-order valence-electron chi connectivity index (χ1n) is 6.52. The normalized spacial score (nSPS) is 22.4. The Bertz CT molecular complexity index is 521. The molecule has 1 aliphatic heterocycles. The van der Waals surface area contributed by atoms with Crippen molar-refractivity contribution in [1.82, 2.24) is 4.90 Å². The maximum absolute atomic E-state index is 12.0. The van der Waals surface area contributed by atoms with E-state index in [0.29, 0.717) is 23.7 Å². The van der Waals surface area contributed by atoms with Crippen molar-refractivity contribution in [3.8, 4) is 0 Å². The first-order valence-corrected chi connectivity index (χ1v) is 6.89. The molecule has 5 nitrogen and oxygen atoms in total. The van der Waals surface area contributed by atoms with E-state index in [1.54, 1.807) is 24.3 Å². The van der Waals surface area contributed by atoms with Crippen molar-refractivity contribution in [2.24, 2.45) is 5.92 Å². The van der Waals surface area contributed by atoms with Gasteiger partial charge in [0.15, 0.2) is 0 Å². The number of rotatable bonds is 1. The third-order valence-corrected chi connectivity index (χ3v) is 3.85. The Morgan fingerprint density at radius 3 is 2.75 bits per heavy atom. The van der Waals surface area contributed by atoms with Crippen molar-refractivity contribution >= 4 is 29.1 Å². The Balaban J connectivity index is 1.99. The molecule has 108 valence electrons. The maximum Gasteiger partial charge on any atom is 0.313 e. The Kier molecular flexibility index (Phi) is 4.62. The number of hydrogen-bond donors (Lipinski definition) is 2. The zero-order valence-electron chi connectivity index (χ0n) is 11.2. The molecule has 6 heteroatoms. The molecule has 1 aromatic rings. The van der Waals surface area contributed by atoms with Crippen LogP contribution >= 0.6 is 11.6 Å². The molecule has 2 unspecified atom stereocenters. The molecule has 1 aromatic carbocycles. The predicted octanol–water partition coefficient (Wildman–Crippen LogP) is 1.51. The lowest BCUT2D eigenvalue weighted by Crippen LogP contribution is -2.49. The third kappa shape index (κ3) is 3.29. The van der Waals surface area contributed by atoms with E-state index < -0.39 is 17.9 Å². The molecule has 1 heterocycles. The first-order chi connectivity index (χ1) is 9.49. The number of carbonyl (C=O) groups excluding carboxylic acids is 2. The summed E-state index contributed by atoms with van der Waals surface area (Å²) >= 11 is 5.92. The van der Waals surface area contributed by atoms with E-state index in [4.69, 9.17) is 11.6 Å². The van der Waals surface area contributed by atoms with Gasteiger partial charge in [0.05, 0.1) is 16.8 Å². The molecule has 0 aromatic heterocycles. The Labute approximate surface area is 122 Å². The number of amides is 2. The van der Waals surface area contributed by atoms with Gasteiger partial charge in [-0.3, -0.25) is 9.59 Å². The summed E-state index contributed by atoms with van der Waals surface area (Å²) in [5.41, 5.74) is 0.401. The molecule has 2 rings (SSSR count). The van der Waals surface area contributed by atoms with Crippen LogP contribution in [0.4, 0.5) is 5.69 Å². The highest BCUT2D eigenvalue weighted by Crippen LogP contribution is 2.21. The quantitative estimate of drug-likeness (QED) is 0.772. The molecular formula is C14H17ClN2O3. The second-order valence-corrected chi connectivity index (χ2v) is 5.43. The Morgan fingerprint density at radius 2 is 2.10 bits per heavy atom. The summed E-state index contributed by atoms with van der Waals surface area (Å²) in [5, 5.41) is 12.6. The van der Waals surface area contributed by atoms with Crippen LogP contribution in [0.2, 0.25) is 5.02 Å². The largest absolute Gasteiger partial charge is 0.391 e. The molecule has 2 amide bonds. The van der Waals surface area contributed by atoms with Crippen molar-refractivity contribution in [3.63, 3.8) is 0 Å². The summed E-state index contributed by atoms with van der Waals surface area (Å²) in [7, 11) is 0. The van der Waals surface area contributed by atoms with Gasteiger partial charge in [-0.15, -0.1) is 0 Å². The number of β-amino-alcohol motifs (C(OH)–C–C–N with tert-alkyl or cyclic N) is 1. The van der Waals surface area contributed by atoms with Gasteiger partial charge < -0.3 is 15.3 Å². The molecule has 1 fully saturated rings. The Morgan fingerprint density at radius 1 is 1.40 bits per heavy atom. The average molecular weight is 297 g/mol. The summed E-state index contributed by atoms with van der Waals surface area (Å²) < 4.78 is 0. The fourth-order valence-corrected chi connectivity index (χ4v) is 2.30. The van der Waals surface area contributed by atoms with Crippen LogP contribution < -0.4 is 5.32 Å². The number of likely N-dealkylation sites (tertiary alicyclic amines) is 1. The van der Waals surface area contributed by atoms with Gasteiger partial charge in [-0.2, -0.15) is 0 Å². The van der Waals surface area contributed by atoms with Crippen molar-refractivity contribution < 1.29 is 14.7 Å². The summed E-state index contributed by atoms with van der Waals surface area (Å²) in [5.74, 6) is -1.23. The van der Waals surface area contributed by atoms with Gasteiger partial charge in [-0.1, -0.05) is 30.7 Å². The zero-order valence-corrected chi connectivity index (χ0v) is 11.9. The van der Waals surface area contributed by atoms with Gasteiger partial charge in [-0.25, -0.2) is 0 Å². The number of carbonyl (C=O) groups is 2. The summed E-state index contributed by atoms with van der Waals surface area (Å²) in [4.78, 5) is 25.3. The summed E-state index contributed by atoms with van der Waals surface area (Å²) in [6, 6.07) is 6.72. The van der Waals surface area contributed by atoms with Crippen LogP contribution in [0, 0.1) is 5.92 Å². The molecule has 0 saturated carbocycles. The van der Waals surface area contributed by atoms with Crippen molar-refractivity contribution in [1.29, 1.82) is 0 Å². The number of piperidine rings is 1. The fourth-order valence-electron chi connectivity index (χ4n) is 2.12. The van der Waals surface area contributed by atoms with E-state index in [1.165, 1.54) is 4.90 Å². The third-order valence-electron chi connectivity index (χ3n) is 3.52. The lowest BCUT2D eigenvalue weighted by Gasteiger charge is -2.33. The van der Waals surface area contributed by atoms with E-state index in [-0.39, 0.29) is 12.5 Å². The minimum Gasteiger partial charge on any atom is -0.391 e. The number of hydrogen-bond acceptors (Lipinski definition) is 3. The minimum atomic E-state index is -0.736. The van der Waals surface area contributed by atoms with Gasteiger partial charge in [0.2, 0.25) is 0 Å². The van der Waals surface area contributed by atoms with Crippen molar-refractivity contribution in [2.75, 3.05) is 18.4 Å². The van der Waals surface area contributed by atoms with E-state index >= 15 is 0 Å². The van der Waals surface area contributed by atoms with Crippen LogP contribution in [0.1, 0.15) is 13.3 Å². The highest BCUT2D eigenvalue weighted by Gasteiger charge is 2.30. The predicted molar refractivity (Wildman–Crippen MR) is 76.4 cm³/mol. The van der Waals surface area contributed by atoms with Crippen LogP contribution in [-0.2, 0) is 9.59 Å². The monoisotopic (exact) mass is 296 g/mol. The van der Waals surface area contributed by atoms with Crippen molar-refractivity contribution in [2.45, 2.75) is 19.4 Å². The summed E-state index contributed by atoms with van der Waals surface area (Å²) in [6.45, 7) is 2.60. The number of para-hydroxylation sites is 1. The number of aliphatic hydroxyl groups excluding tert-OH is 1. The van der Waals surface area contributed by atoms with Gasteiger partial charge in [0.1, 0.15) is 0 Å². The number of benzene rings is 1. The maximum atomic E-state index is 12.0. The highest BCUT2D eigenvalue weighted by molar-refractivity contribution is 6.41. The van der Waals surface area contributed by atoms with Gasteiger partial charge in [0, 0.05) is 13.1 Å². The van der Waals surface area contributed by atoms with E-state index in [9.17, 15) is 14.7 Å². The molecule has 0 aliphatic carbocycles. The SMILES string of the molecule is CC1CCN(C(=O)C(=O)Nc2ccccc2Cl)CC1O. The molecule has 0 bridgehead atoms. The standard InChI is InChI=1S/C14H17ClN2O3/c1-9-6-7-17(8-12(9)18)14(20)13(19)16-11-5-3-2-4-10(11)15/h2-5,9,12,18H,6-8H2,1H3,(H,16,19). The van der Waals surface area contributed by atoms with E-state index in [0.717, 1.165) is 0 Å². The molecule has 1 aliphatic rings. The number of aliphatic hydroxyl groups is 1. The van der Waals surface area contributed by atoms with Crippen LogP contribution in [0.5, 0.6) is 0 Å². The smallest absolute Gasteiger partial charge is 0.313 e. The molecule has 2 N–H and O–H groups in total. The van der Waals surface area contributed by atoms with E-state index in [1.807, 2.05) is 6.92 Å². The van der Waals surface area contributed by atoms with Gasteiger partial charge in [-0.05, 0) is 24.5 Å². The fraction of sp³-hybridized carbons (Fsp3) is 0.429. The molecule has 20 heavy (non-hydrogen) atoms. The summed E-state index contributed by atoms with van der Waals surface area (Å²) in [6.07, 6.45) is 0.104. The van der Waals surface area contributed by atoms with Gasteiger partial charge in [0.25, 0.3) is 0 Å². The van der Waals surface area contributed by atoms with Crippen LogP contribution in [0.15, 0.2) is 24.3 Å². The lowest BCUT2D eigenvalue weighted by atomic mass is 9.96. The molecular weight excluding hydrogens is 280 g/mol. The molecule has 2 atom stereocenters. The average Bonchev–Trinajstić information content (AvgIpc) is 2.43. The highest BCUT2D eigenvalue weighted by atomic mass is 35.5. The Hall–Kier alpha value is -1.59. The zero-order chi connectivity index (χ0) is 14.7. The second-order valence-electron chi connectivity index (χ2n) is 5.02. The minimum absolute atomic E-state index is 0.144. The molecule has 0 radical (unpaired) electrons. The van der Waals surface area contributed by atoms with E-state index in [2.05, 4.69) is 5.32 Å². The molecule has 1 saturated heterocycles. The second kappa shape index (κ2) is 6.24. The topological polar surface area (TPSA) is 69.6 Å². The first kappa shape index (κ1) is 14.8. The van der Waals surface area contributed by atoms with Crippen molar-refractivity contribution in [3.05, 3.63) is 29.3 Å². The number of halogens is 1. The molecule has 0 spiro atoms. The van der Waals surface area contributed by atoms with Gasteiger partial charge >= 0.3 is 11.8 Å². The lowest BCUT2D eigenvalue weighted by molar-refractivity contribution is -0.146. The number of nitrogens with one attached hydrogen (secondary N) is 1. The number of anilines is 1.